The van der Waals surface area contributed by atoms with Crippen LogP contribution in [0.1, 0.15) is 38.5 Å². The van der Waals surface area contributed by atoms with Gasteiger partial charge in [0.2, 0.25) is 0 Å². The Morgan fingerprint density at radius 2 is 1.85 bits per heavy atom. The summed E-state index contributed by atoms with van der Waals surface area (Å²) in [6.45, 7) is 5.24. The van der Waals surface area contributed by atoms with Crippen molar-refractivity contribution in [1.29, 1.82) is 0 Å². The molecule has 0 saturated carbocycles. The van der Waals surface area contributed by atoms with Gasteiger partial charge < -0.3 is 10.2 Å². The van der Waals surface area contributed by atoms with Crippen molar-refractivity contribution in [2.24, 2.45) is 0 Å². The SMILES string of the molecule is C1CCNC(CN2CCCC2)CC1. The predicted octanol–water partition coefficient (Wildman–Crippen LogP) is 1.61. The Bertz CT molecular complexity index is 133. The molecule has 0 amide bonds. The maximum atomic E-state index is 3.67. The summed E-state index contributed by atoms with van der Waals surface area (Å²) in [6, 6.07) is 0.792. The van der Waals surface area contributed by atoms with E-state index >= 15 is 0 Å². The van der Waals surface area contributed by atoms with Crippen LogP contribution in [0.3, 0.4) is 0 Å². The third-order valence-electron chi connectivity index (χ3n) is 3.34. The second-order valence-corrected chi connectivity index (χ2v) is 4.51. The second-order valence-electron chi connectivity index (χ2n) is 4.51. The zero-order valence-corrected chi connectivity index (χ0v) is 8.60. The minimum absolute atomic E-state index is 0.792. The van der Waals surface area contributed by atoms with Crippen LogP contribution in [0.15, 0.2) is 0 Å². The first-order chi connectivity index (χ1) is 6.45. The van der Waals surface area contributed by atoms with E-state index in [1.54, 1.807) is 0 Å². The summed E-state index contributed by atoms with van der Waals surface area (Å²) in [6.07, 6.45) is 8.50. The summed E-state index contributed by atoms with van der Waals surface area (Å²) in [7, 11) is 0. The molecule has 0 aliphatic carbocycles. The van der Waals surface area contributed by atoms with Gasteiger partial charge in [0.05, 0.1) is 0 Å². The molecule has 0 aromatic heterocycles. The molecule has 2 heterocycles. The molecule has 0 spiro atoms. The lowest BCUT2D eigenvalue weighted by Gasteiger charge is -2.22. The molecule has 76 valence electrons. The van der Waals surface area contributed by atoms with Crippen molar-refractivity contribution in [3.05, 3.63) is 0 Å². The highest BCUT2D eigenvalue weighted by molar-refractivity contribution is 4.77. The summed E-state index contributed by atoms with van der Waals surface area (Å²) >= 11 is 0. The van der Waals surface area contributed by atoms with Crippen LogP contribution in [-0.4, -0.2) is 37.1 Å². The molecule has 13 heavy (non-hydrogen) atoms. The van der Waals surface area contributed by atoms with Crippen LogP contribution in [0.4, 0.5) is 0 Å². The minimum Gasteiger partial charge on any atom is -0.313 e. The third-order valence-corrected chi connectivity index (χ3v) is 3.34. The van der Waals surface area contributed by atoms with Crippen LogP contribution in [0, 0.1) is 0 Å². The lowest BCUT2D eigenvalue weighted by atomic mass is 10.1. The van der Waals surface area contributed by atoms with Gasteiger partial charge in [0.25, 0.3) is 0 Å². The Kier molecular flexibility index (Phi) is 3.62. The Morgan fingerprint density at radius 3 is 2.69 bits per heavy atom. The van der Waals surface area contributed by atoms with Crippen molar-refractivity contribution in [2.45, 2.75) is 44.6 Å². The Hall–Kier alpha value is -0.0800. The molecule has 1 unspecified atom stereocenters. The lowest BCUT2D eigenvalue weighted by molar-refractivity contribution is 0.287. The van der Waals surface area contributed by atoms with Gasteiger partial charge in [-0.15, -0.1) is 0 Å². The zero-order valence-electron chi connectivity index (χ0n) is 8.60. The van der Waals surface area contributed by atoms with Crippen molar-refractivity contribution < 1.29 is 0 Å². The molecular weight excluding hydrogens is 160 g/mol. The van der Waals surface area contributed by atoms with Crippen molar-refractivity contribution in [1.82, 2.24) is 10.2 Å². The van der Waals surface area contributed by atoms with Gasteiger partial charge in [0.15, 0.2) is 0 Å². The fraction of sp³-hybridized carbons (Fsp3) is 1.00. The van der Waals surface area contributed by atoms with Crippen LogP contribution in [-0.2, 0) is 0 Å². The summed E-state index contributed by atoms with van der Waals surface area (Å²) in [5.74, 6) is 0. The number of hydrogen-bond donors (Lipinski definition) is 1. The minimum atomic E-state index is 0.792. The van der Waals surface area contributed by atoms with Gasteiger partial charge in [-0.25, -0.2) is 0 Å². The average Bonchev–Trinajstić information content (AvgIpc) is 2.49. The maximum absolute atomic E-state index is 3.67. The largest absolute Gasteiger partial charge is 0.313 e. The van der Waals surface area contributed by atoms with Crippen molar-refractivity contribution >= 4 is 0 Å². The van der Waals surface area contributed by atoms with Gasteiger partial charge in [-0.1, -0.05) is 12.8 Å². The van der Waals surface area contributed by atoms with Gasteiger partial charge in [0, 0.05) is 12.6 Å². The number of nitrogens with zero attached hydrogens (tertiary/aromatic N) is 1. The molecule has 0 radical (unpaired) electrons. The van der Waals surface area contributed by atoms with E-state index < -0.39 is 0 Å². The monoisotopic (exact) mass is 182 g/mol. The smallest absolute Gasteiger partial charge is 0.0195 e. The first-order valence-corrected chi connectivity index (χ1v) is 5.91. The third kappa shape index (κ3) is 2.96. The first-order valence-electron chi connectivity index (χ1n) is 5.91. The molecule has 1 N–H and O–H groups in total. The van der Waals surface area contributed by atoms with E-state index in [4.69, 9.17) is 0 Å². The Balaban J connectivity index is 1.71. The number of nitrogens with one attached hydrogen (secondary N) is 1. The maximum Gasteiger partial charge on any atom is 0.0195 e. The molecule has 2 saturated heterocycles. The van der Waals surface area contributed by atoms with Crippen LogP contribution in [0.5, 0.6) is 0 Å². The highest BCUT2D eigenvalue weighted by Crippen LogP contribution is 2.13. The summed E-state index contributed by atoms with van der Waals surface area (Å²) in [5.41, 5.74) is 0. The van der Waals surface area contributed by atoms with Gasteiger partial charge in [-0.05, 0) is 45.3 Å². The summed E-state index contributed by atoms with van der Waals surface area (Å²) < 4.78 is 0. The molecular formula is C11H22N2. The van der Waals surface area contributed by atoms with E-state index in [0.29, 0.717) is 0 Å². The molecule has 2 aliphatic rings. The quantitative estimate of drug-likeness (QED) is 0.698. The normalized spacial score (nSPS) is 31.8. The highest BCUT2D eigenvalue weighted by atomic mass is 15.2. The molecule has 2 aliphatic heterocycles. The summed E-state index contributed by atoms with van der Waals surface area (Å²) in [5, 5.41) is 3.67. The number of rotatable bonds is 2. The number of hydrogen-bond acceptors (Lipinski definition) is 2. The Labute approximate surface area is 81.7 Å². The average molecular weight is 182 g/mol. The van der Waals surface area contributed by atoms with Crippen LogP contribution in [0.2, 0.25) is 0 Å². The van der Waals surface area contributed by atoms with Crippen molar-refractivity contribution in [3.63, 3.8) is 0 Å². The molecule has 2 fully saturated rings. The fourth-order valence-corrected chi connectivity index (χ4v) is 2.53. The second kappa shape index (κ2) is 4.97. The van der Waals surface area contributed by atoms with Crippen molar-refractivity contribution in [3.8, 4) is 0 Å². The predicted molar refractivity (Wildman–Crippen MR) is 55.9 cm³/mol. The van der Waals surface area contributed by atoms with E-state index in [1.165, 1.54) is 64.7 Å². The molecule has 2 nitrogen and oxygen atoms in total. The molecule has 2 heteroatoms. The molecule has 1 atom stereocenters. The van der Waals surface area contributed by atoms with E-state index in [2.05, 4.69) is 10.2 Å². The van der Waals surface area contributed by atoms with Gasteiger partial charge in [0.1, 0.15) is 0 Å². The van der Waals surface area contributed by atoms with Gasteiger partial charge in [-0.2, -0.15) is 0 Å². The van der Waals surface area contributed by atoms with E-state index in [0.717, 1.165) is 6.04 Å². The first kappa shape index (κ1) is 9.47. The van der Waals surface area contributed by atoms with E-state index in [-0.39, 0.29) is 0 Å². The van der Waals surface area contributed by atoms with Crippen LogP contribution >= 0.6 is 0 Å². The van der Waals surface area contributed by atoms with E-state index in [1.807, 2.05) is 0 Å². The van der Waals surface area contributed by atoms with Crippen molar-refractivity contribution in [2.75, 3.05) is 26.2 Å². The molecule has 2 rings (SSSR count). The summed E-state index contributed by atoms with van der Waals surface area (Å²) in [4.78, 5) is 2.63. The van der Waals surface area contributed by atoms with Gasteiger partial charge >= 0.3 is 0 Å². The molecule has 0 aromatic carbocycles. The van der Waals surface area contributed by atoms with Gasteiger partial charge in [-0.3, -0.25) is 0 Å². The topological polar surface area (TPSA) is 15.3 Å². The molecule has 0 aromatic rings. The van der Waals surface area contributed by atoms with Crippen LogP contribution in [0.25, 0.3) is 0 Å². The molecule has 0 bridgehead atoms. The van der Waals surface area contributed by atoms with E-state index in [9.17, 15) is 0 Å². The zero-order chi connectivity index (χ0) is 8.93. The Morgan fingerprint density at radius 1 is 1.00 bits per heavy atom. The fourth-order valence-electron chi connectivity index (χ4n) is 2.53. The van der Waals surface area contributed by atoms with Crippen LogP contribution < -0.4 is 5.32 Å². The highest BCUT2D eigenvalue weighted by Gasteiger charge is 2.17. The lowest BCUT2D eigenvalue weighted by Crippen LogP contribution is -2.39. The number of likely N-dealkylation sites (tertiary alicyclic amines) is 1. The standard InChI is InChI=1S/C11H22N2/c1-2-6-11(12-7-3-1)10-13-8-4-5-9-13/h11-12H,1-10H2.